The molecule has 0 unspecified atom stereocenters. The highest BCUT2D eigenvalue weighted by Gasteiger charge is 2.34. The summed E-state index contributed by atoms with van der Waals surface area (Å²) in [5, 5.41) is 0. The molecule has 0 N–H and O–H groups in total. The summed E-state index contributed by atoms with van der Waals surface area (Å²) in [7, 11) is -3.76. The van der Waals surface area contributed by atoms with Crippen molar-refractivity contribution in [2.75, 3.05) is 32.7 Å². The van der Waals surface area contributed by atoms with Crippen molar-refractivity contribution in [3.05, 3.63) is 60.2 Å². The molecule has 2 heterocycles. The minimum Gasteiger partial charge on any atom is -0.339 e. The van der Waals surface area contributed by atoms with Crippen LogP contribution < -0.4 is 0 Å². The van der Waals surface area contributed by atoms with E-state index in [-0.39, 0.29) is 23.9 Å². The monoisotopic (exact) mass is 432 g/mol. The maximum absolute atomic E-state index is 13.4. The van der Waals surface area contributed by atoms with Gasteiger partial charge in [-0.25, -0.2) is 12.8 Å². The smallest absolute Gasteiger partial charge is 0.243 e. The molecule has 2 fully saturated rings. The largest absolute Gasteiger partial charge is 0.339 e. The molecule has 2 aromatic rings. The molecular formula is C21H25FN4O3S. The van der Waals surface area contributed by atoms with E-state index in [1.807, 2.05) is 18.3 Å². The summed E-state index contributed by atoms with van der Waals surface area (Å²) >= 11 is 0. The number of hydrogen-bond donors (Lipinski definition) is 0. The molecule has 1 saturated heterocycles. The molecule has 1 saturated carbocycles. The van der Waals surface area contributed by atoms with Gasteiger partial charge in [0.25, 0.3) is 0 Å². The second-order valence-electron chi connectivity index (χ2n) is 7.74. The van der Waals surface area contributed by atoms with Crippen LogP contribution in [0.15, 0.2) is 53.7 Å². The number of piperazine rings is 1. The highest BCUT2D eigenvalue weighted by atomic mass is 32.2. The van der Waals surface area contributed by atoms with E-state index in [1.165, 1.54) is 22.5 Å². The number of nitrogens with zero attached hydrogens (tertiary/aromatic N) is 4. The predicted molar refractivity (Wildman–Crippen MR) is 109 cm³/mol. The SMILES string of the molecule is O=C(CN(Cc1cccnc1)C1CC1)N1CCN(S(=O)(=O)c2cccc(F)c2)CC1. The molecule has 0 bridgehead atoms. The third kappa shape index (κ3) is 4.85. The molecule has 4 rings (SSSR count). The lowest BCUT2D eigenvalue weighted by molar-refractivity contribution is -0.133. The van der Waals surface area contributed by atoms with Gasteiger partial charge in [0.05, 0.1) is 11.4 Å². The summed E-state index contributed by atoms with van der Waals surface area (Å²) < 4.78 is 40.2. The third-order valence-corrected chi connectivity index (χ3v) is 7.43. The van der Waals surface area contributed by atoms with Gasteiger partial charge in [0, 0.05) is 51.2 Å². The van der Waals surface area contributed by atoms with Crippen LogP contribution in [-0.4, -0.2) is 72.2 Å². The van der Waals surface area contributed by atoms with Crippen LogP contribution >= 0.6 is 0 Å². The molecule has 9 heteroatoms. The van der Waals surface area contributed by atoms with Gasteiger partial charge in [0.2, 0.25) is 15.9 Å². The van der Waals surface area contributed by atoms with Crippen molar-refractivity contribution in [1.29, 1.82) is 0 Å². The summed E-state index contributed by atoms with van der Waals surface area (Å²) in [6.07, 6.45) is 5.73. The number of sulfonamides is 1. The van der Waals surface area contributed by atoms with Crippen molar-refractivity contribution >= 4 is 15.9 Å². The van der Waals surface area contributed by atoms with Gasteiger partial charge in [-0.05, 0) is 42.7 Å². The van der Waals surface area contributed by atoms with Crippen LogP contribution in [0.25, 0.3) is 0 Å². The fourth-order valence-electron chi connectivity index (χ4n) is 3.71. The van der Waals surface area contributed by atoms with E-state index in [4.69, 9.17) is 0 Å². The van der Waals surface area contributed by atoms with Gasteiger partial charge < -0.3 is 4.90 Å². The van der Waals surface area contributed by atoms with Crippen molar-refractivity contribution in [1.82, 2.24) is 19.1 Å². The van der Waals surface area contributed by atoms with Crippen molar-refractivity contribution in [2.24, 2.45) is 0 Å². The van der Waals surface area contributed by atoms with E-state index in [1.54, 1.807) is 11.1 Å². The second-order valence-corrected chi connectivity index (χ2v) is 9.68. The quantitative estimate of drug-likeness (QED) is 0.666. The summed E-state index contributed by atoms with van der Waals surface area (Å²) in [5.41, 5.74) is 1.07. The Hall–Kier alpha value is -2.36. The number of aromatic nitrogens is 1. The highest BCUT2D eigenvalue weighted by molar-refractivity contribution is 7.89. The zero-order chi connectivity index (χ0) is 21.1. The maximum atomic E-state index is 13.4. The Kier molecular flexibility index (Phi) is 6.12. The maximum Gasteiger partial charge on any atom is 0.243 e. The average molecular weight is 433 g/mol. The zero-order valence-electron chi connectivity index (χ0n) is 16.7. The number of rotatable bonds is 7. The summed E-state index contributed by atoms with van der Waals surface area (Å²) in [5.74, 6) is -0.577. The Labute approximate surface area is 176 Å². The van der Waals surface area contributed by atoms with E-state index in [0.29, 0.717) is 32.2 Å². The van der Waals surface area contributed by atoms with Gasteiger partial charge in [0.15, 0.2) is 0 Å². The molecule has 1 amide bonds. The standard InChI is InChI=1S/C21H25FN4O3S/c22-18-4-1-5-20(13-18)30(28,29)26-11-9-24(10-12-26)21(27)16-25(19-6-7-19)15-17-3-2-8-23-14-17/h1-5,8,13-14,19H,6-7,9-12,15-16H2. The molecule has 1 aromatic heterocycles. The summed E-state index contributed by atoms with van der Waals surface area (Å²) in [6, 6.07) is 9.33. The molecular weight excluding hydrogens is 407 g/mol. The first-order valence-electron chi connectivity index (χ1n) is 10.1. The van der Waals surface area contributed by atoms with Gasteiger partial charge in [-0.1, -0.05) is 12.1 Å². The summed E-state index contributed by atoms with van der Waals surface area (Å²) in [4.78, 5) is 20.8. The number of carbonyl (C=O) groups is 1. The Bertz CT molecular complexity index is 990. The Morgan fingerprint density at radius 3 is 2.53 bits per heavy atom. The molecule has 1 aliphatic carbocycles. The van der Waals surface area contributed by atoms with Crippen LogP contribution in [0, 0.1) is 5.82 Å². The van der Waals surface area contributed by atoms with E-state index < -0.39 is 15.8 Å². The lowest BCUT2D eigenvalue weighted by Crippen LogP contribution is -2.52. The lowest BCUT2D eigenvalue weighted by atomic mass is 10.2. The van der Waals surface area contributed by atoms with Gasteiger partial charge in [-0.2, -0.15) is 4.31 Å². The fourth-order valence-corrected chi connectivity index (χ4v) is 5.16. The van der Waals surface area contributed by atoms with Crippen LogP contribution in [0.4, 0.5) is 4.39 Å². The first-order valence-corrected chi connectivity index (χ1v) is 11.5. The molecule has 0 radical (unpaired) electrons. The molecule has 7 nitrogen and oxygen atoms in total. The van der Waals surface area contributed by atoms with Crippen molar-refractivity contribution in [2.45, 2.75) is 30.3 Å². The highest BCUT2D eigenvalue weighted by Crippen LogP contribution is 2.28. The van der Waals surface area contributed by atoms with Crippen LogP contribution in [0.2, 0.25) is 0 Å². The summed E-state index contributed by atoms with van der Waals surface area (Å²) in [6.45, 7) is 2.07. The number of halogens is 1. The van der Waals surface area contributed by atoms with Crippen molar-refractivity contribution < 1.29 is 17.6 Å². The number of benzene rings is 1. The predicted octanol–water partition coefficient (Wildman–Crippen LogP) is 1.72. The van der Waals surface area contributed by atoms with Crippen LogP contribution in [0.5, 0.6) is 0 Å². The van der Waals surface area contributed by atoms with Gasteiger partial charge in [-0.15, -0.1) is 0 Å². The first kappa shape index (κ1) is 20.9. The fraction of sp³-hybridized carbons (Fsp3) is 0.429. The molecule has 1 aliphatic heterocycles. The number of hydrogen-bond acceptors (Lipinski definition) is 5. The lowest BCUT2D eigenvalue weighted by Gasteiger charge is -2.35. The van der Waals surface area contributed by atoms with Crippen LogP contribution in [0.1, 0.15) is 18.4 Å². The minimum absolute atomic E-state index is 0.00796. The number of carbonyl (C=O) groups excluding carboxylic acids is 1. The molecule has 30 heavy (non-hydrogen) atoms. The van der Waals surface area contributed by atoms with E-state index in [0.717, 1.165) is 24.5 Å². The molecule has 2 aliphatic rings. The topological polar surface area (TPSA) is 73.8 Å². The van der Waals surface area contributed by atoms with Crippen molar-refractivity contribution in [3.8, 4) is 0 Å². The minimum atomic E-state index is -3.76. The van der Waals surface area contributed by atoms with Gasteiger partial charge in [-0.3, -0.25) is 14.7 Å². The first-order chi connectivity index (χ1) is 14.4. The van der Waals surface area contributed by atoms with Gasteiger partial charge in [0.1, 0.15) is 5.82 Å². The number of pyridine rings is 1. The van der Waals surface area contributed by atoms with Gasteiger partial charge >= 0.3 is 0 Å². The zero-order valence-corrected chi connectivity index (χ0v) is 17.5. The number of amides is 1. The average Bonchev–Trinajstić information content (AvgIpc) is 3.59. The van der Waals surface area contributed by atoms with Crippen LogP contribution in [0.3, 0.4) is 0 Å². The Morgan fingerprint density at radius 1 is 1.13 bits per heavy atom. The van der Waals surface area contributed by atoms with Crippen LogP contribution in [-0.2, 0) is 21.4 Å². The molecule has 160 valence electrons. The Morgan fingerprint density at radius 2 is 1.90 bits per heavy atom. The Balaban J connectivity index is 1.34. The molecule has 0 atom stereocenters. The van der Waals surface area contributed by atoms with E-state index in [2.05, 4.69) is 9.88 Å². The van der Waals surface area contributed by atoms with E-state index >= 15 is 0 Å². The van der Waals surface area contributed by atoms with E-state index in [9.17, 15) is 17.6 Å². The molecule has 1 aromatic carbocycles. The van der Waals surface area contributed by atoms with Crippen molar-refractivity contribution in [3.63, 3.8) is 0 Å². The molecule has 0 spiro atoms. The third-order valence-electron chi connectivity index (χ3n) is 5.54. The normalized spacial score (nSPS) is 18.0. The second kappa shape index (κ2) is 8.79.